The van der Waals surface area contributed by atoms with Crippen LogP contribution in [0.15, 0.2) is 66.9 Å². The third-order valence-electron chi connectivity index (χ3n) is 4.75. The number of phenols is 1. The Morgan fingerprint density at radius 3 is 2.58 bits per heavy atom. The number of pyridine rings is 1. The van der Waals surface area contributed by atoms with Crippen molar-refractivity contribution >= 4 is 23.7 Å². The zero-order valence-electron chi connectivity index (χ0n) is 17.5. The molecule has 0 aliphatic carbocycles. The summed E-state index contributed by atoms with van der Waals surface area (Å²) in [5.74, 6) is -3.70. The molecule has 7 nitrogen and oxygen atoms in total. The lowest BCUT2D eigenvalue weighted by Crippen LogP contribution is -2.37. The third kappa shape index (κ3) is 6.86. The van der Waals surface area contributed by atoms with Crippen molar-refractivity contribution in [3.8, 4) is 5.75 Å². The zero-order chi connectivity index (χ0) is 23.8. The normalized spacial score (nSPS) is 11.8. The fourth-order valence-electron chi connectivity index (χ4n) is 3.01. The van der Waals surface area contributed by atoms with Gasteiger partial charge in [-0.1, -0.05) is 24.3 Å². The van der Waals surface area contributed by atoms with Gasteiger partial charge in [0.25, 0.3) is 0 Å². The molecular weight excluding hydrogens is 430 g/mol. The third-order valence-corrected chi connectivity index (χ3v) is 4.75. The van der Waals surface area contributed by atoms with E-state index >= 15 is 0 Å². The van der Waals surface area contributed by atoms with Crippen molar-refractivity contribution in [3.63, 3.8) is 0 Å². The molecule has 0 spiro atoms. The number of carbonyl (C=O) groups excluding carboxylic acids is 2. The molecule has 5 N–H and O–H groups in total. The van der Waals surface area contributed by atoms with E-state index in [0.29, 0.717) is 16.9 Å². The van der Waals surface area contributed by atoms with E-state index in [1.54, 1.807) is 24.3 Å². The maximum atomic E-state index is 13.8. The number of hydrogen-bond acceptors (Lipinski definition) is 5. The minimum Gasteiger partial charge on any atom is -0.508 e. The van der Waals surface area contributed by atoms with Gasteiger partial charge in [0.1, 0.15) is 11.6 Å². The molecule has 0 unspecified atom stereocenters. The maximum Gasteiger partial charge on any atom is 0.244 e. The molecule has 1 atom stereocenters. The summed E-state index contributed by atoms with van der Waals surface area (Å²) in [6.07, 6.45) is 4.25. The van der Waals surface area contributed by atoms with Crippen LogP contribution in [-0.4, -0.2) is 28.4 Å². The summed E-state index contributed by atoms with van der Waals surface area (Å²) in [6, 6.07) is 12.8. The molecule has 2 aromatic carbocycles. The molecule has 0 saturated heterocycles. The first-order valence-electron chi connectivity index (χ1n) is 10.00. The molecule has 1 aromatic heterocycles. The topological polar surface area (TPSA) is 117 Å². The van der Waals surface area contributed by atoms with Gasteiger partial charge in [0.15, 0.2) is 11.6 Å². The Balaban J connectivity index is 1.69. The van der Waals surface area contributed by atoms with E-state index in [4.69, 9.17) is 5.73 Å². The van der Waals surface area contributed by atoms with E-state index in [-0.39, 0.29) is 24.4 Å². The standard InChI is InChI=1S/C24H22F2N4O3/c25-20-7-6-17(11-21(20)26)19(24(33)30-13-16-4-8-22(27)28-12-16)14-29-23(32)9-5-15-2-1-3-18(31)10-15/h1-12,19,31H,13-14H2,(H2,27,28)(H,29,32)(H,30,33)/t19-/m1/s1. The lowest BCUT2D eigenvalue weighted by atomic mass is 9.97. The highest BCUT2D eigenvalue weighted by atomic mass is 19.2. The second kappa shape index (κ2) is 10.9. The first-order valence-corrected chi connectivity index (χ1v) is 10.00. The van der Waals surface area contributed by atoms with Gasteiger partial charge >= 0.3 is 0 Å². The van der Waals surface area contributed by atoms with Crippen LogP contribution in [0.3, 0.4) is 0 Å². The van der Waals surface area contributed by atoms with Crippen LogP contribution in [0, 0.1) is 11.6 Å². The van der Waals surface area contributed by atoms with Gasteiger partial charge in [0, 0.05) is 25.4 Å². The van der Waals surface area contributed by atoms with Crippen LogP contribution in [0.2, 0.25) is 0 Å². The highest BCUT2D eigenvalue weighted by Crippen LogP contribution is 2.19. The van der Waals surface area contributed by atoms with Crippen LogP contribution in [0.5, 0.6) is 5.75 Å². The van der Waals surface area contributed by atoms with Gasteiger partial charge in [-0.3, -0.25) is 9.59 Å². The molecule has 0 saturated carbocycles. The van der Waals surface area contributed by atoms with Crippen molar-refractivity contribution in [1.82, 2.24) is 15.6 Å². The molecule has 0 bridgehead atoms. The number of nitrogens with two attached hydrogens (primary N) is 1. The predicted molar refractivity (Wildman–Crippen MR) is 120 cm³/mol. The molecular formula is C24H22F2N4O3. The van der Waals surface area contributed by atoms with Gasteiger partial charge in [0.2, 0.25) is 11.8 Å². The number of aromatic hydroxyl groups is 1. The molecule has 0 fully saturated rings. The maximum absolute atomic E-state index is 13.8. The van der Waals surface area contributed by atoms with Crippen molar-refractivity contribution in [2.24, 2.45) is 0 Å². The Morgan fingerprint density at radius 2 is 1.88 bits per heavy atom. The van der Waals surface area contributed by atoms with Crippen LogP contribution >= 0.6 is 0 Å². The number of benzene rings is 2. The lowest BCUT2D eigenvalue weighted by molar-refractivity contribution is -0.123. The van der Waals surface area contributed by atoms with E-state index < -0.39 is 29.4 Å². The van der Waals surface area contributed by atoms with Crippen molar-refractivity contribution in [3.05, 3.63) is 95.2 Å². The smallest absolute Gasteiger partial charge is 0.244 e. The first kappa shape index (κ1) is 23.4. The fourth-order valence-corrected chi connectivity index (χ4v) is 3.01. The Bertz CT molecular complexity index is 1170. The summed E-state index contributed by atoms with van der Waals surface area (Å²) in [4.78, 5) is 29.0. The largest absolute Gasteiger partial charge is 0.508 e. The van der Waals surface area contributed by atoms with Crippen LogP contribution in [0.4, 0.5) is 14.6 Å². The Labute approximate surface area is 189 Å². The van der Waals surface area contributed by atoms with E-state index in [1.165, 1.54) is 36.5 Å². The summed E-state index contributed by atoms with van der Waals surface area (Å²) in [5, 5.41) is 14.8. The molecule has 170 valence electrons. The number of anilines is 1. The second-order valence-corrected chi connectivity index (χ2v) is 7.21. The van der Waals surface area contributed by atoms with Crippen LogP contribution in [0.1, 0.15) is 22.6 Å². The van der Waals surface area contributed by atoms with Gasteiger partial charge < -0.3 is 21.5 Å². The van der Waals surface area contributed by atoms with Gasteiger partial charge in [-0.2, -0.15) is 0 Å². The van der Waals surface area contributed by atoms with E-state index in [9.17, 15) is 23.5 Å². The van der Waals surface area contributed by atoms with E-state index in [0.717, 1.165) is 12.1 Å². The number of carbonyl (C=O) groups is 2. The van der Waals surface area contributed by atoms with E-state index in [2.05, 4.69) is 15.6 Å². The van der Waals surface area contributed by atoms with Gasteiger partial charge in [-0.25, -0.2) is 13.8 Å². The molecule has 3 aromatic rings. The number of nitrogen functional groups attached to an aromatic ring is 1. The van der Waals surface area contributed by atoms with Crippen LogP contribution in [-0.2, 0) is 16.1 Å². The molecule has 1 heterocycles. The number of amides is 2. The second-order valence-electron chi connectivity index (χ2n) is 7.21. The fraction of sp³-hybridized carbons (Fsp3) is 0.125. The minimum atomic E-state index is -1.09. The molecule has 0 radical (unpaired) electrons. The Hall–Kier alpha value is -4.27. The monoisotopic (exact) mass is 452 g/mol. The highest BCUT2D eigenvalue weighted by Gasteiger charge is 2.22. The summed E-state index contributed by atoms with van der Waals surface area (Å²) in [7, 11) is 0. The lowest BCUT2D eigenvalue weighted by Gasteiger charge is -2.18. The Morgan fingerprint density at radius 1 is 1.06 bits per heavy atom. The quantitative estimate of drug-likeness (QED) is 0.392. The number of nitrogens with one attached hydrogen (secondary N) is 2. The van der Waals surface area contributed by atoms with Crippen molar-refractivity contribution in [2.75, 3.05) is 12.3 Å². The minimum absolute atomic E-state index is 0.0592. The summed E-state index contributed by atoms with van der Waals surface area (Å²) >= 11 is 0. The SMILES string of the molecule is Nc1ccc(CNC(=O)[C@H](CNC(=O)C=Cc2cccc(O)c2)c2ccc(F)c(F)c2)cn1. The summed E-state index contributed by atoms with van der Waals surface area (Å²) in [5.41, 5.74) is 7.06. The van der Waals surface area contributed by atoms with Gasteiger partial charge in [-0.05, 0) is 53.1 Å². The number of rotatable bonds is 8. The number of phenolic OH excluding ortho intramolecular Hbond substituents is 1. The van der Waals surface area contributed by atoms with Gasteiger partial charge in [-0.15, -0.1) is 0 Å². The average molecular weight is 452 g/mol. The predicted octanol–water partition coefficient (Wildman–Crippen LogP) is 2.88. The molecule has 0 aliphatic heterocycles. The van der Waals surface area contributed by atoms with Crippen LogP contribution < -0.4 is 16.4 Å². The van der Waals surface area contributed by atoms with Crippen molar-refractivity contribution in [2.45, 2.75) is 12.5 Å². The van der Waals surface area contributed by atoms with Crippen molar-refractivity contribution < 1.29 is 23.5 Å². The Kier molecular flexibility index (Phi) is 7.69. The summed E-state index contributed by atoms with van der Waals surface area (Å²) in [6.45, 7) is -0.0161. The first-order chi connectivity index (χ1) is 15.8. The molecule has 9 heteroatoms. The zero-order valence-corrected chi connectivity index (χ0v) is 17.5. The summed E-state index contributed by atoms with van der Waals surface area (Å²) < 4.78 is 27.2. The highest BCUT2D eigenvalue weighted by molar-refractivity contribution is 5.92. The van der Waals surface area contributed by atoms with Gasteiger partial charge in [0.05, 0.1) is 5.92 Å². The number of halogens is 2. The number of hydrogen-bond donors (Lipinski definition) is 4. The van der Waals surface area contributed by atoms with Crippen LogP contribution in [0.25, 0.3) is 6.08 Å². The van der Waals surface area contributed by atoms with E-state index in [1.807, 2.05) is 0 Å². The average Bonchev–Trinajstić information content (AvgIpc) is 2.79. The van der Waals surface area contributed by atoms with Crippen molar-refractivity contribution in [1.29, 1.82) is 0 Å². The number of nitrogens with zero attached hydrogens (tertiary/aromatic N) is 1. The molecule has 33 heavy (non-hydrogen) atoms. The molecule has 0 aliphatic rings. The molecule has 3 rings (SSSR count). The number of aromatic nitrogens is 1. The molecule has 2 amide bonds.